The van der Waals surface area contributed by atoms with E-state index in [2.05, 4.69) is 21.4 Å². The van der Waals surface area contributed by atoms with Crippen molar-refractivity contribution >= 4 is 38.4 Å². The van der Waals surface area contributed by atoms with Crippen LogP contribution >= 0.6 is 11.3 Å². The lowest BCUT2D eigenvalue weighted by Gasteiger charge is -2.13. The zero-order chi connectivity index (χ0) is 16.9. The summed E-state index contributed by atoms with van der Waals surface area (Å²) in [6, 6.07) is 4.09. The molecule has 7 heteroatoms. The average molecular weight is 343 g/mol. The highest BCUT2D eigenvalue weighted by molar-refractivity contribution is 7.22. The van der Waals surface area contributed by atoms with Gasteiger partial charge in [-0.1, -0.05) is 30.6 Å². The highest BCUT2D eigenvalue weighted by Gasteiger charge is 2.30. The lowest BCUT2D eigenvalue weighted by Crippen LogP contribution is -2.14. The largest absolute Gasteiger partial charge is 0.375 e. The zero-order valence-corrected chi connectivity index (χ0v) is 14.3. The number of thiazole rings is 1. The normalized spacial score (nSPS) is 17.6. The van der Waals surface area contributed by atoms with E-state index in [1.807, 2.05) is 0 Å². The Bertz CT molecular complexity index is 756. The van der Waals surface area contributed by atoms with E-state index in [9.17, 15) is 4.79 Å². The van der Waals surface area contributed by atoms with Gasteiger partial charge in [0, 0.05) is 18.0 Å². The Morgan fingerprint density at radius 2 is 2.04 bits per heavy atom. The van der Waals surface area contributed by atoms with Gasteiger partial charge in [0.1, 0.15) is 0 Å². The van der Waals surface area contributed by atoms with Crippen molar-refractivity contribution in [1.82, 2.24) is 9.97 Å². The van der Waals surface area contributed by atoms with Crippen LogP contribution in [0.3, 0.4) is 0 Å². The third-order valence-electron chi connectivity index (χ3n) is 4.30. The van der Waals surface area contributed by atoms with Crippen LogP contribution in [-0.4, -0.2) is 15.9 Å². The molecule has 2 saturated carbocycles. The van der Waals surface area contributed by atoms with Gasteiger partial charge >= 0.3 is 0 Å². The van der Waals surface area contributed by atoms with Gasteiger partial charge < -0.3 is 11.1 Å². The molecule has 126 valence electrons. The highest BCUT2D eigenvalue weighted by atomic mass is 32.1. The topological polar surface area (TPSA) is 105 Å². The number of nitriles is 1. The predicted molar refractivity (Wildman–Crippen MR) is 95.4 cm³/mol. The summed E-state index contributed by atoms with van der Waals surface area (Å²) in [5, 5.41) is 11.8. The maximum atomic E-state index is 11.6. The lowest BCUT2D eigenvalue weighted by atomic mass is 9.91. The van der Waals surface area contributed by atoms with Gasteiger partial charge in [-0.05, 0) is 31.7 Å². The summed E-state index contributed by atoms with van der Waals surface area (Å²) in [6.07, 6.45) is 9.78. The van der Waals surface area contributed by atoms with Crippen LogP contribution in [-0.2, 0) is 4.79 Å². The number of nitrogens with two attached hydrogens (primary N) is 1. The molecule has 2 aliphatic carbocycles. The fourth-order valence-electron chi connectivity index (χ4n) is 2.76. The number of fused-ring (bicyclic) bond motifs is 1. The van der Waals surface area contributed by atoms with Crippen molar-refractivity contribution in [2.45, 2.75) is 44.9 Å². The number of amides is 1. The summed E-state index contributed by atoms with van der Waals surface area (Å²) in [7, 11) is 0. The molecule has 2 heterocycles. The van der Waals surface area contributed by atoms with Crippen molar-refractivity contribution < 1.29 is 4.79 Å². The quantitative estimate of drug-likeness (QED) is 0.865. The van der Waals surface area contributed by atoms with Gasteiger partial charge in [0.25, 0.3) is 0 Å². The molecule has 0 radical (unpaired) electrons. The third kappa shape index (κ3) is 4.20. The lowest BCUT2D eigenvalue weighted by molar-refractivity contribution is -0.117. The van der Waals surface area contributed by atoms with Crippen LogP contribution in [0.25, 0.3) is 10.2 Å². The predicted octanol–water partition coefficient (Wildman–Crippen LogP) is 3.71. The van der Waals surface area contributed by atoms with Crippen LogP contribution in [0.15, 0.2) is 12.3 Å². The second-order valence-electron chi connectivity index (χ2n) is 6.29. The molecule has 0 aromatic carbocycles. The van der Waals surface area contributed by atoms with E-state index in [0.29, 0.717) is 16.9 Å². The Balaban J connectivity index is 0.000000179. The van der Waals surface area contributed by atoms with Crippen LogP contribution in [0.4, 0.5) is 10.9 Å². The molecule has 0 unspecified atom stereocenters. The first-order chi connectivity index (χ1) is 11.7. The number of hydrogen-bond donors (Lipinski definition) is 2. The molecule has 0 bridgehead atoms. The smallest absolute Gasteiger partial charge is 0.228 e. The molecule has 4 rings (SSSR count). The molecule has 0 aliphatic heterocycles. The Morgan fingerprint density at radius 1 is 1.29 bits per heavy atom. The molecule has 6 nitrogen and oxygen atoms in total. The molecular weight excluding hydrogens is 322 g/mol. The van der Waals surface area contributed by atoms with Crippen molar-refractivity contribution in [3.05, 3.63) is 12.3 Å². The number of aromatic nitrogens is 2. The number of nitrogens with zero attached hydrogens (tertiary/aromatic N) is 3. The van der Waals surface area contributed by atoms with E-state index >= 15 is 0 Å². The number of carbonyl (C=O) groups is 1. The zero-order valence-electron chi connectivity index (χ0n) is 13.5. The van der Waals surface area contributed by atoms with Crippen molar-refractivity contribution in [3.63, 3.8) is 0 Å². The molecule has 3 N–H and O–H groups in total. The fraction of sp³-hybridized carbons (Fsp3) is 0.529. The maximum absolute atomic E-state index is 11.6. The maximum Gasteiger partial charge on any atom is 0.228 e. The van der Waals surface area contributed by atoms with Gasteiger partial charge in [0.15, 0.2) is 10.9 Å². The first-order valence-electron chi connectivity index (χ1n) is 8.39. The first-order valence-corrected chi connectivity index (χ1v) is 9.20. The number of rotatable bonds is 2. The highest BCUT2D eigenvalue weighted by Crippen LogP contribution is 2.33. The van der Waals surface area contributed by atoms with E-state index in [4.69, 9.17) is 11.0 Å². The fourth-order valence-corrected chi connectivity index (χ4v) is 3.53. The second kappa shape index (κ2) is 7.58. The number of anilines is 2. The molecule has 2 fully saturated rings. The summed E-state index contributed by atoms with van der Waals surface area (Å²) in [5.41, 5.74) is 6.41. The monoisotopic (exact) mass is 343 g/mol. The third-order valence-corrected chi connectivity index (χ3v) is 5.21. The molecule has 2 aliphatic rings. The van der Waals surface area contributed by atoms with Crippen molar-refractivity contribution in [2.24, 2.45) is 11.8 Å². The van der Waals surface area contributed by atoms with Gasteiger partial charge in [-0.25, -0.2) is 9.97 Å². The average Bonchev–Trinajstić information content (AvgIpc) is 3.38. The van der Waals surface area contributed by atoms with Crippen LogP contribution in [0.2, 0.25) is 0 Å². The summed E-state index contributed by atoms with van der Waals surface area (Å²) in [6.45, 7) is 0. The van der Waals surface area contributed by atoms with Crippen LogP contribution < -0.4 is 11.1 Å². The Labute approximate surface area is 145 Å². The van der Waals surface area contributed by atoms with Crippen LogP contribution in [0.1, 0.15) is 44.9 Å². The minimum absolute atomic E-state index is 0.0481. The molecule has 2 aromatic rings. The van der Waals surface area contributed by atoms with Gasteiger partial charge in [-0.2, -0.15) is 5.26 Å². The minimum Gasteiger partial charge on any atom is -0.375 e. The van der Waals surface area contributed by atoms with Crippen LogP contribution in [0.5, 0.6) is 0 Å². The Hall–Kier alpha value is -2.20. The van der Waals surface area contributed by atoms with Gasteiger partial charge in [-0.15, -0.1) is 0 Å². The summed E-state index contributed by atoms with van der Waals surface area (Å²) in [5.74, 6) is 1.18. The van der Waals surface area contributed by atoms with Gasteiger partial charge in [0.2, 0.25) is 5.91 Å². The number of hydrogen-bond acceptors (Lipinski definition) is 6. The van der Waals surface area contributed by atoms with Gasteiger partial charge in [0.05, 0.1) is 16.3 Å². The van der Waals surface area contributed by atoms with Crippen molar-refractivity contribution in [1.29, 1.82) is 5.26 Å². The van der Waals surface area contributed by atoms with Crippen LogP contribution in [0, 0.1) is 23.2 Å². The van der Waals surface area contributed by atoms with Crippen molar-refractivity contribution in [2.75, 3.05) is 11.1 Å². The first kappa shape index (κ1) is 16.7. The molecule has 0 saturated heterocycles. The minimum atomic E-state index is 0.0481. The molecule has 0 atom stereocenters. The van der Waals surface area contributed by atoms with Gasteiger partial charge in [-0.3, -0.25) is 4.79 Å². The summed E-state index contributed by atoms with van der Waals surface area (Å²) in [4.78, 5) is 19.9. The number of nitrogens with one attached hydrogen (secondary N) is 1. The van der Waals surface area contributed by atoms with Crippen molar-refractivity contribution in [3.8, 4) is 6.07 Å². The molecule has 24 heavy (non-hydrogen) atoms. The standard InChI is InChI=1S/C10H10N4OS.C7H11N/c11-10-13-6-3-4-12-8(7(6)16-10)14-9(15)5-1-2-5;8-6-7-4-2-1-3-5-7/h3-5H,1-2H2,(H2,11,13)(H,12,14,15);7H,1-5H2. The van der Waals surface area contributed by atoms with E-state index in [0.717, 1.165) is 35.9 Å². The van der Waals surface area contributed by atoms with E-state index in [1.54, 1.807) is 12.3 Å². The van der Waals surface area contributed by atoms with E-state index in [-0.39, 0.29) is 11.8 Å². The number of carbonyl (C=O) groups excluding carboxylic acids is 1. The molecule has 2 aromatic heterocycles. The SMILES string of the molecule is N#CC1CCCCC1.Nc1nc2ccnc(NC(=O)C3CC3)c2s1. The Morgan fingerprint density at radius 3 is 2.67 bits per heavy atom. The molecule has 1 amide bonds. The number of nitrogen functional groups attached to an aromatic ring is 1. The second-order valence-corrected chi connectivity index (χ2v) is 7.32. The van der Waals surface area contributed by atoms with E-state index < -0.39 is 0 Å². The molecular formula is C17H21N5OS. The summed E-state index contributed by atoms with van der Waals surface area (Å²) >= 11 is 1.34. The number of pyridine rings is 1. The Kier molecular flexibility index (Phi) is 5.26. The van der Waals surface area contributed by atoms with E-state index in [1.165, 1.54) is 30.6 Å². The molecule has 0 spiro atoms. The summed E-state index contributed by atoms with van der Waals surface area (Å²) < 4.78 is 0.842.